The quantitative estimate of drug-likeness (QED) is 0.751. The van der Waals surface area contributed by atoms with E-state index in [4.69, 9.17) is 0 Å². The van der Waals surface area contributed by atoms with Gasteiger partial charge < -0.3 is 9.47 Å². The largest absolute Gasteiger partial charge is 0.345 e. The highest BCUT2D eigenvalue weighted by Crippen LogP contribution is 2.37. The Balaban J connectivity index is 1.42. The first-order valence-corrected chi connectivity index (χ1v) is 11.7. The predicted octanol–water partition coefficient (Wildman–Crippen LogP) is 4.89. The van der Waals surface area contributed by atoms with Crippen molar-refractivity contribution in [3.8, 4) is 0 Å². The lowest BCUT2D eigenvalue weighted by atomic mass is 9.91. The van der Waals surface area contributed by atoms with Gasteiger partial charge in [0, 0.05) is 35.2 Å². The molecule has 0 radical (unpaired) electrons. The molecule has 1 unspecified atom stereocenters. The number of aromatic nitrogens is 3. The lowest BCUT2D eigenvalue weighted by molar-refractivity contribution is 0.0642. The molecule has 2 saturated carbocycles. The van der Waals surface area contributed by atoms with Crippen molar-refractivity contribution in [1.29, 1.82) is 0 Å². The van der Waals surface area contributed by atoms with Crippen LogP contribution in [0.5, 0.6) is 0 Å². The molecule has 0 spiro atoms. The molecule has 5 heteroatoms. The lowest BCUT2D eigenvalue weighted by Gasteiger charge is -2.34. The number of carbonyl (C=O) groups excluding carboxylic acids is 1. The second-order valence-electron chi connectivity index (χ2n) is 9.51. The third-order valence-corrected chi connectivity index (χ3v) is 7.46. The van der Waals surface area contributed by atoms with Crippen molar-refractivity contribution in [3.05, 3.63) is 40.5 Å². The van der Waals surface area contributed by atoms with E-state index in [1.165, 1.54) is 61.2 Å². The maximum absolute atomic E-state index is 13.8. The SMILES string of the molecule is Cc1cc(C(=O)N(C2CC2)C2CCc3[nH]ncc3C2)c(C)n1C1CCCCCC1. The first kappa shape index (κ1) is 19.0. The zero-order valence-electron chi connectivity index (χ0n) is 17.9. The molecule has 1 amide bonds. The molecule has 29 heavy (non-hydrogen) atoms. The molecular weight excluding hydrogens is 360 g/mol. The maximum atomic E-state index is 13.8. The minimum atomic E-state index is 0.261. The molecule has 2 aromatic rings. The number of nitrogens with zero attached hydrogens (tertiary/aromatic N) is 3. The second-order valence-corrected chi connectivity index (χ2v) is 9.51. The van der Waals surface area contributed by atoms with Crippen LogP contribution in [0, 0.1) is 13.8 Å². The van der Waals surface area contributed by atoms with Crippen molar-refractivity contribution >= 4 is 5.91 Å². The van der Waals surface area contributed by atoms with Gasteiger partial charge in [0.25, 0.3) is 5.91 Å². The molecule has 5 nitrogen and oxygen atoms in total. The van der Waals surface area contributed by atoms with Gasteiger partial charge in [0.05, 0.1) is 11.8 Å². The number of hydrogen-bond donors (Lipinski definition) is 1. The molecule has 0 bridgehead atoms. The Morgan fingerprint density at radius 1 is 1.07 bits per heavy atom. The molecule has 1 N–H and O–H groups in total. The van der Waals surface area contributed by atoms with Gasteiger partial charge in [-0.2, -0.15) is 5.10 Å². The van der Waals surface area contributed by atoms with Crippen molar-refractivity contribution in [2.75, 3.05) is 0 Å². The predicted molar refractivity (Wildman–Crippen MR) is 114 cm³/mol. The summed E-state index contributed by atoms with van der Waals surface area (Å²) in [5, 5.41) is 7.35. The van der Waals surface area contributed by atoms with Crippen LogP contribution in [0.2, 0.25) is 0 Å². The summed E-state index contributed by atoms with van der Waals surface area (Å²) in [5.74, 6) is 0.261. The molecular formula is C24H34N4O. The summed E-state index contributed by atoms with van der Waals surface area (Å²) in [6, 6.07) is 3.48. The number of hydrogen-bond acceptors (Lipinski definition) is 2. The Hall–Kier alpha value is -2.04. The van der Waals surface area contributed by atoms with Gasteiger partial charge >= 0.3 is 0 Å². The summed E-state index contributed by atoms with van der Waals surface area (Å²) in [5.41, 5.74) is 5.94. The average Bonchev–Trinajstić information content (AvgIpc) is 3.42. The zero-order chi connectivity index (χ0) is 20.0. The van der Waals surface area contributed by atoms with E-state index in [9.17, 15) is 4.79 Å². The van der Waals surface area contributed by atoms with Crippen LogP contribution in [-0.4, -0.2) is 37.7 Å². The molecule has 3 aliphatic carbocycles. The molecule has 0 aromatic carbocycles. The van der Waals surface area contributed by atoms with Crippen molar-refractivity contribution in [3.63, 3.8) is 0 Å². The van der Waals surface area contributed by atoms with Gasteiger partial charge in [-0.1, -0.05) is 25.7 Å². The Kier molecular flexibility index (Phi) is 5.00. The fourth-order valence-electron chi connectivity index (χ4n) is 5.83. The number of aromatic amines is 1. The van der Waals surface area contributed by atoms with Crippen molar-refractivity contribution < 1.29 is 4.79 Å². The fourth-order valence-corrected chi connectivity index (χ4v) is 5.83. The van der Waals surface area contributed by atoms with E-state index >= 15 is 0 Å². The molecule has 156 valence electrons. The van der Waals surface area contributed by atoms with E-state index < -0.39 is 0 Å². The molecule has 3 aliphatic rings. The van der Waals surface area contributed by atoms with Gasteiger partial charge in [-0.05, 0) is 70.4 Å². The number of carbonyl (C=O) groups is 1. The van der Waals surface area contributed by atoms with Crippen LogP contribution < -0.4 is 0 Å². The van der Waals surface area contributed by atoms with Crippen LogP contribution in [0.4, 0.5) is 0 Å². The van der Waals surface area contributed by atoms with E-state index in [0.29, 0.717) is 18.1 Å². The average molecular weight is 395 g/mol. The Morgan fingerprint density at radius 3 is 2.55 bits per heavy atom. The highest BCUT2D eigenvalue weighted by molar-refractivity contribution is 5.96. The molecule has 5 rings (SSSR count). The van der Waals surface area contributed by atoms with E-state index in [2.05, 4.69) is 39.6 Å². The molecule has 0 aliphatic heterocycles. The normalized spacial score (nSPS) is 22.9. The van der Waals surface area contributed by atoms with Crippen molar-refractivity contribution in [2.45, 2.75) is 103 Å². The lowest BCUT2D eigenvalue weighted by Crippen LogP contribution is -2.45. The van der Waals surface area contributed by atoms with Crippen LogP contribution >= 0.6 is 0 Å². The summed E-state index contributed by atoms with van der Waals surface area (Å²) < 4.78 is 2.48. The maximum Gasteiger partial charge on any atom is 0.256 e. The van der Waals surface area contributed by atoms with E-state index in [0.717, 1.165) is 37.7 Å². The first-order chi connectivity index (χ1) is 14.1. The van der Waals surface area contributed by atoms with E-state index in [1.807, 2.05) is 6.20 Å². The minimum Gasteiger partial charge on any atom is -0.345 e. The number of rotatable bonds is 4. The highest BCUT2D eigenvalue weighted by Gasteiger charge is 2.40. The van der Waals surface area contributed by atoms with Gasteiger partial charge in [0.1, 0.15) is 0 Å². The van der Waals surface area contributed by atoms with Gasteiger partial charge in [-0.3, -0.25) is 9.89 Å². The number of H-pyrrole nitrogens is 1. The van der Waals surface area contributed by atoms with E-state index in [1.54, 1.807) is 0 Å². The zero-order valence-corrected chi connectivity index (χ0v) is 17.9. The molecule has 0 saturated heterocycles. The molecule has 2 heterocycles. The second kappa shape index (κ2) is 7.66. The Bertz CT molecular complexity index is 883. The van der Waals surface area contributed by atoms with Crippen LogP contribution in [0.3, 0.4) is 0 Å². The Morgan fingerprint density at radius 2 is 1.83 bits per heavy atom. The first-order valence-electron chi connectivity index (χ1n) is 11.7. The van der Waals surface area contributed by atoms with Crippen molar-refractivity contribution in [2.24, 2.45) is 0 Å². The summed E-state index contributed by atoms with van der Waals surface area (Å²) in [4.78, 5) is 16.0. The third-order valence-electron chi connectivity index (χ3n) is 7.46. The number of aryl methyl sites for hydroxylation is 2. The third kappa shape index (κ3) is 3.53. The molecule has 1 atom stereocenters. The topological polar surface area (TPSA) is 53.9 Å². The highest BCUT2D eigenvalue weighted by atomic mass is 16.2. The number of fused-ring (bicyclic) bond motifs is 1. The van der Waals surface area contributed by atoms with Gasteiger partial charge in [0.2, 0.25) is 0 Å². The van der Waals surface area contributed by atoms with Crippen LogP contribution in [-0.2, 0) is 12.8 Å². The summed E-state index contributed by atoms with van der Waals surface area (Å²) in [6.45, 7) is 4.36. The number of amides is 1. The molecule has 2 aromatic heterocycles. The van der Waals surface area contributed by atoms with Gasteiger partial charge in [-0.15, -0.1) is 0 Å². The monoisotopic (exact) mass is 394 g/mol. The number of nitrogens with one attached hydrogen (secondary N) is 1. The Labute approximate surface area is 173 Å². The smallest absolute Gasteiger partial charge is 0.256 e. The van der Waals surface area contributed by atoms with Crippen molar-refractivity contribution in [1.82, 2.24) is 19.7 Å². The summed E-state index contributed by atoms with van der Waals surface area (Å²) in [7, 11) is 0. The van der Waals surface area contributed by atoms with Crippen LogP contribution in [0.1, 0.15) is 96.8 Å². The standard InChI is InChI=1S/C24H34N4O/c1-16-13-22(17(2)27(16)19-7-5-3-4-6-8-19)24(29)28(20-9-10-20)21-11-12-23-18(14-21)15-25-26-23/h13,15,19-21H,3-12,14H2,1-2H3,(H,25,26). The molecule has 2 fully saturated rings. The van der Waals surface area contributed by atoms with Crippen LogP contribution in [0.25, 0.3) is 0 Å². The summed E-state index contributed by atoms with van der Waals surface area (Å²) >= 11 is 0. The fraction of sp³-hybridized carbons (Fsp3) is 0.667. The van der Waals surface area contributed by atoms with Gasteiger partial charge in [-0.25, -0.2) is 0 Å². The minimum absolute atomic E-state index is 0.261. The summed E-state index contributed by atoms with van der Waals surface area (Å²) in [6.07, 6.45) is 15.1. The van der Waals surface area contributed by atoms with Gasteiger partial charge in [0.15, 0.2) is 0 Å². The van der Waals surface area contributed by atoms with E-state index in [-0.39, 0.29) is 5.91 Å². The van der Waals surface area contributed by atoms with Crippen LogP contribution in [0.15, 0.2) is 12.3 Å².